The molecule has 0 bridgehead atoms. The van der Waals surface area contributed by atoms with Crippen molar-refractivity contribution in [3.8, 4) is 0 Å². The molecule has 0 aromatic heterocycles. The van der Waals surface area contributed by atoms with Crippen LogP contribution < -0.4 is 0 Å². The Morgan fingerprint density at radius 1 is 0.357 bits per heavy atom. The van der Waals surface area contributed by atoms with E-state index in [1.807, 2.05) is 0 Å². The average molecular weight is 403 g/mol. The van der Waals surface area contributed by atoms with Crippen LogP contribution in [0.2, 0.25) is 0 Å². The van der Waals surface area contributed by atoms with E-state index in [-0.39, 0.29) is 0 Å². The van der Waals surface area contributed by atoms with E-state index in [4.69, 9.17) is 116 Å². The van der Waals surface area contributed by atoms with Gasteiger partial charge in [0.25, 0.3) is 0 Å². The number of halogens is 10. The zero-order chi connectivity index (χ0) is 12.0. The van der Waals surface area contributed by atoms with Gasteiger partial charge in [-0.25, -0.2) is 0 Å². The fraction of sp³-hybridized carbons (Fsp3) is 1.00. The van der Waals surface area contributed by atoms with Crippen molar-refractivity contribution in [1.82, 2.24) is 0 Å². The number of hydrogen-bond donors (Lipinski definition) is 0. The van der Waals surface area contributed by atoms with Gasteiger partial charge < -0.3 is 0 Å². The van der Waals surface area contributed by atoms with Gasteiger partial charge in [-0.15, -0.1) is 11.6 Å². The molecule has 0 amide bonds. The van der Waals surface area contributed by atoms with Crippen LogP contribution >= 0.6 is 116 Å². The van der Waals surface area contributed by atoms with Gasteiger partial charge in [-0.2, -0.15) is 0 Å². The van der Waals surface area contributed by atoms with Crippen molar-refractivity contribution in [2.24, 2.45) is 0 Å². The van der Waals surface area contributed by atoms with Crippen LogP contribution in [-0.4, -0.2) is 16.3 Å². The molecule has 14 heavy (non-hydrogen) atoms. The first kappa shape index (κ1) is 16.9. The lowest BCUT2D eigenvalue weighted by Gasteiger charge is -2.43. The molecular formula is C4Cl10. The smallest absolute Gasteiger partial charge is 0.105 e. The Kier molecular flexibility index (Phi) is 5.89. The molecule has 0 nitrogen and oxygen atoms in total. The normalized spacial score (nSPS) is 15.9. The van der Waals surface area contributed by atoms with Gasteiger partial charge in [0.05, 0.1) is 0 Å². The monoisotopic (exact) mass is 398 g/mol. The number of rotatable bonds is 0. The molecule has 0 fully saturated rings. The Labute approximate surface area is 131 Å². The third-order valence-electron chi connectivity index (χ3n) is 1.17. The van der Waals surface area contributed by atoms with Crippen LogP contribution in [0.4, 0.5) is 0 Å². The summed E-state index contributed by atoms with van der Waals surface area (Å²) < 4.78 is -6.86. The van der Waals surface area contributed by atoms with E-state index < -0.39 is 16.3 Å². The Bertz CT molecular complexity index is 166. The molecule has 0 aromatic carbocycles. The van der Waals surface area contributed by atoms with Gasteiger partial charge in [0.1, 0.15) is 0 Å². The summed E-state index contributed by atoms with van der Waals surface area (Å²) in [5.41, 5.74) is 0. The molecule has 0 aliphatic rings. The summed E-state index contributed by atoms with van der Waals surface area (Å²) in [6, 6.07) is 0. The second-order valence-corrected chi connectivity index (χ2v) is 9.56. The quantitative estimate of drug-likeness (QED) is 0.431. The Morgan fingerprint density at radius 3 is 0.500 bits per heavy atom. The Morgan fingerprint density at radius 2 is 0.500 bits per heavy atom. The first-order valence-electron chi connectivity index (χ1n) is 2.64. The zero-order valence-electron chi connectivity index (χ0n) is 5.78. The highest BCUT2D eigenvalue weighted by molar-refractivity contribution is 6.83. The Balaban J connectivity index is 5.54. The fourth-order valence-corrected chi connectivity index (χ4v) is 4.34. The third kappa shape index (κ3) is 3.22. The second kappa shape index (κ2) is 4.88. The molecule has 86 valence electrons. The summed E-state index contributed by atoms with van der Waals surface area (Å²) in [5, 5.41) is 0. The second-order valence-electron chi connectivity index (χ2n) is 2.15. The van der Waals surface area contributed by atoms with Gasteiger partial charge in [0.2, 0.25) is 11.4 Å². The molecule has 0 rings (SSSR count). The minimum Gasteiger partial charge on any atom is -0.105 e. The van der Waals surface area contributed by atoms with E-state index in [1.54, 1.807) is 0 Å². The summed E-state index contributed by atoms with van der Waals surface area (Å²) in [6.07, 6.45) is 0. The standard InChI is InChI=1S/C4Cl10/c5-1(2(6,7)8,3(9,10)11)4(12,13)14. The molecule has 0 atom stereocenters. The van der Waals surface area contributed by atoms with E-state index in [0.29, 0.717) is 0 Å². The van der Waals surface area contributed by atoms with Gasteiger partial charge in [-0.05, 0) is 0 Å². The molecule has 0 unspecified atom stereocenters. The lowest BCUT2D eigenvalue weighted by atomic mass is 10.2. The van der Waals surface area contributed by atoms with Crippen molar-refractivity contribution < 1.29 is 0 Å². The highest BCUT2D eigenvalue weighted by Gasteiger charge is 2.70. The van der Waals surface area contributed by atoms with Crippen molar-refractivity contribution in [3.63, 3.8) is 0 Å². The van der Waals surface area contributed by atoms with E-state index in [9.17, 15) is 0 Å². The molecule has 0 aliphatic carbocycles. The highest BCUT2D eigenvalue weighted by atomic mass is 35.6. The van der Waals surface area contributed by atoms with Gasteiger partial charge in [0, 0.05) is 0 Å². The van der Waals surface area contributed by atoms with E-state index in [0.717, 1.165) is 0 Å². The first-order valence-corrected chi connectivity index (χ1v) is 6.42. The van der Waals surface area contributed by atoms with Crippen LogP contribution in [0.3, 0.4) is 0 Å². The van der Waals surface area contributed by atoms with Crippen LogP contribution in [0.5, 0.6) is 0 Å². The van der Waals surface area contributed by atoms with Crippen molar-refractivity contribution >= 4 is 116 Å². The maximum Gasteiger partial charge on any atom is 0.217 e. The maximum absolute atomic E-state index is 5.78. The SMILES string of the molecule is ClC(Cl)(Cl)C(Cl)(C(Cl)(Cl)Cl)C(Cl)(Cl)Cl. The van der Waals surface area contributed by atoms with Crippen molar-refractivity contribution in [3.05, 3.63) is 0 Å². The Hall–Kier alpha value is 2.90. The predicted molar refractivity (Wildman–Crippen MR) is 69.5 cm³/mol. The molecule has 0 saturated heterocycles. The van der Waals surface area contributed by atoms with E-state index in [2.05, 4.69) is 0 Å². The fourth-order valence-electron chi connectivity index (χ4n) is 0.482. The van der Waals surface area contributed by atoms with Crippen molar-refractivity contribution in [2.75, 3.05) is 0 Å². The molecule has 0 heterocycles. The maximum atomic E-state index is 5.78. The van der Waals surface area contributed by atoms with Crippen LogP contribution in [0, 0.1) is 0 Å². The molecule has 0 aromatic rings. The van der Waals surface area contributed by atoms with Gasteiger partial charge in [-0.1, -0.05) is 104 Å². The summed E-state index contributed by atoms with van der Waals surface area (Å²) >= 11 is 55.3. The number of alkyl halides is 10. The van der Waals surface area contributed by atoms with E-state index >= 15 is 0 Å². The largest absolute Gasteiger partial charge is 0.217 e. The van der Waals surface area contributed by atoms with Gasteiger partial charge in [0.15, 0.2) is 4.87 Å². The van der Waals surface area contributed by atoms with Gasteiger partial charge in [-0.3, -0.25) is 0 Å². The topological polar surface area (TPSA) is 0 Å². The minimum atomic E-state index is -2.33. The van der Waals surface area contributed by atoms with Crippen molar-refractivity contribution in [1.29, 1.82) is 0 Å². The highest BCUT2D eigenvalue weighted by Crippen LogP contribution is 2.64. The average Bonchev–Trinajstić information content (AvgIpc) is 1.77. The summed E-state index contributed by atoms with van der Waals surface area (Å²) in [6.45, 7) is 0. The minimum absolute atomic E-state index is 2.29. The third-order valence-corrected chi connectivity index (χ3v) is 5.44. The number of hydrogen-bond acceptors (Lipinski definition) is 0. The first-order chi connectivity index (χ1) is 5.75. The summed E-state index contributed by atoms with van der Waals surface area (Å²) in [7, 11) is 0. The van der Waals surface area contributed by atoms with Gasteiger partial charge >= 0.3 is 0 Å². The van der Waals surface area contributed by atoms with Crippen molar-refractivity contribution in [2.45, 2.75) is 16.3 Å². The molecule has 0 N–H and O–H groups in total. The molecule has 0 saturated carbocycles. The lowest BCUT2D eigenvalue weighted by molar-refractivity contribution is 0.609. The molecule has 0 spiro atoms. The molecule has 0 aliphatic heterocycles. The molecular weight excluding hydrogens is 403 g/mol. The zero-order valence-corrected chi connectivity index (χ0v) is 13.3. The van der Waals surface area contributed by atoms with Crippen LogP contribution in [0.15, 0.2) is 0 Å². The van der Waals surface area contributed by atoms with E-state index in [1.165, 1.54) is 0 Å². The molecule has 0 radical (unpaired) electrons. The van der Waals surface area contributed by atoms with Crippen LogP contribution in [-0.2, 0) is 0 Å². The predicted octanol–water partition coefficient (Wildman–Crippen LogP) is 6.07. The lowest BCUT2D eigenvalue weighted by Crippen LogP contribution is -2.57. The van der Waals surface area contributed by atoms with Crippen LogP contribution in [0.1, 0.15) is 0 Å². The summed E-state index contributed by atoms with van der Waals surface area (Å²) in [4.78, 5) is -2.33. The summed E-state index contributed by atoms with van der Waals surface area (Å²) in [5.74, 6) is 0. The van der Waals surface area contributed by atoms with Crippen LogP contribution in [0.25, 0.3) is 0 Å². The molecule has 10 heteroatoms.